The van der Waals surface area contributed by atoms with Crippen LogP contribution in [0.3, 0.4) is 0 Å². The molecule has 0 aliphatic heterocycles. The van der Waals surface area contributed by atoms with Crippen molar-refractivity contribution < 1.29 is 20.4 Å². The first-order valence-electron chi connectivity index (χ1n) is 7.06. The van der Waals surface area contributed by atoms with Gasteiger partial charge < -0.3 is 20.4 Å². The van der Waals surface area contributed by atoms with Crippen molar-refractivity contribution in [3.63, 3.8) is 0 Å². The molecule has 0 aliphatic rings. The van der Waals surface area contributed by atoms with Crippen LogP contribution in [0.5, 0.6) is 5.75 Å². The summed E-state index contributed by atoms with van der Waals surface area (Å²) >= 11 is 1.48. The maximum absolute atomic E-state index is 10.1. The molecular weight excluding hydrogens is 300 g/mol. The van der Waals surface area contributed by atoms with Crippen molar-refractivity contribution in [3.8, 4) is 5.75 Å². The Bertz CT molecular complexity index is 568. The van der Waals surface area contributed by atoms with Crippen molar-refractivity contribution in [2.24, 2.45) is 0 Å². The van der Waals surface area contributed by atoms with E-state index in [1.165, 1.54) is 11.8 Å². The quantitative estimate of drug-likeness (QED) is 0.589. The Hall–Kier alpha value is -1.53. The molecular formula is C17H20O4S. The number of hydrogen-bond donors (Lipinski definition) is 4. The van der Waals surface area contributed by atoms with Gasteiger partial charge in [-0.3, -0.25) is 0 Å². The van der Waals surface area contributed by atoms with Crippen LogP contribution in [0.1, 0.15) is 23.7 Å². The van der Waals surface area contributed by atoms with E-state index in [0.717, 1.165) is 16.0 Å². The van der Waals surface area contributed by atoms with Crippen molar-refractivity contribution in [2.75, 3.05) is 5.75 Å². The van der Waals surface area contributed by atoms with E-state index in [1.807, 2.05) is 0 Å². The zero-order valence-corrected chi connectivity index (χ0v) is 12.9. The molecule has 2 atom stereocenters. The maximum atomic E-state index is 10.1. The van der Waals surface area contributed by atoms with E-state index >= 15 is 0 Å². The van der Waals surface area contributed by atoms with Gasteiger partial charge in [0, 0.05) is 17.1 Å². The number of aliphatic hydroxyl groups is 3. The summed E-state index contributed by atoms with van der Waals surface area (Å²) in [7, 11) is 0. The predicted octanol–water partition coefficient (Wildman–Crippen LogP) is 2.46. The maximum Gasteiger partial charge on any atom is 0.115 e. The van der Waals surface area contributed by atoms with Crippen molar-refractivity contribution in [3.05, 3.63) is 59.7 Å². The number of thioether (sulfide) groups is 1. The molecule has 0 aromatic heterocycles. The molecule has 0 radical (unpaired) electrons. The van der Waals surface area contributed by atoms with Crippen LogP contribution in [0.2, 0.25) is 0 Å². The molecule has 0 amide bonds. The molecule has 118 valence electrons. The minimum absolute atomic E-state index is 0.0255. The molecule has 0 saturated heterocycles. The Morgan fingerprint density at radius 2 is 1.55 bits per heavy atom. The summed E-state index contributed by atoms with van der Waals surface area (Å²) in [5, 5.41) is 38.3. The number of phenolic OH excluding ortho intramolecular Hbond substituents is 1. The van der Waals surface area contributed by atoms with Crippen LogP contribution in [-0.2, 0) is 6.61 Å². The zero-order valence-electron chi connectivity index (χ0n) is 12.1. The number of benzene rings is 2. The Labute approximate surface area is 134 Å². The van der Waals surface area contributed by atoms with Gasteiger partial charge in [0.05, 0.1) is 18.8 Å². The van der Waals surface area contributed by atoms with Gasteiger partial charge in [-0.25, -0.2) is 0 Å². The van der Waals surface area contributed by atoms with Crippen LogP contribution in [0, 0.1) is 0 Å². The minimum atomic E-state index is -0.733. The fourth-order valence-electron chi connectivity index (χ4n) is 2.04. The van der Waals surface area contributed by atoms with E-state index in [4.69, 9.17) is 5.11 Å². The lowest BCUT2D eigenvalue weighted by molar-refractivity contribution is 0.0931. The van der Waals surface area contributed by atoms with E-state index in [1.54, 1.807) is 48.5 Å². The van der Waals surface area contributed by atoms with Gasteiger partial charge in [0.2, 0.25) is 0 Å². The molecule has 4 N–H and O–H groups in total. The largest absolute Gasteiger partial charge is 0.508 e. The van der Waals surface area contributed by atoms with Crippen molar-refractivity contribution in [1.29, 1.82) is 0 Å². The van der Waals surface area contributed by atoms with Gasteiger partial charge >= 0.3 is 0 Å². The van der Waals surface area contributed by atoms with Crippen LogP contribution in [0.15, 0.2) is 53.4 Å². The number of aliphatic hydroxyl groups excluding tert-OH is 3. The Morgan fingerprint density at radius 1 is 0.909 bits per heavy atom. The minimum Gasteiger partial charge on any atom is -0.508 e. The summed E-state index contributed by atoms with van der Waals surface area (Å²) < 4.78 is 0. The van der Waals surface area contributed by atoms with Gasteiger partial charge in [0.1, 0.15) is 5.75 Å². The number of aromatic hydroxyl groups is 1. The van der Waals surface area contributed by atoms with E-state index in [0.29, 0.717) is 5.75 Å². The topological polar surface area (TPSA) is 80.9 Å². The third-order valence-corrected chi connectivity index (χ3v) is 4.48. The lowest BCUT2D eigenvalue weighted by atomic mass is 10.0. The summed E-state index contributed by atoms with van der Waals surface area (Å²) in [6.07, 6.45) is -1.11. The molecule has 0 heterocycles. The monoisotopic (exact) mass is 320 g/mol. The highest BCUT2D eigenvalue weighted by Crippen LogP contribution is 2.25. The van der Waals surface area contributed by atoms with Gasteiger partial charge in [0.25, 0.3) is 0 Å². The Balaban J connectivity index is 1.82. The SMILES string of the molecule is OCc1ccc(C(O)CC(O)CSc2ccc(O)cc2)cc1. The normalized spacial score (nSPS) is 13.8. The number of phenols is 1. The molecule has 0 spiro atoms. The first kappa shape index (κ1) is 16.8. The predicted molar refractivity (Wildman–Crippen MR) is 86.8 cm³/mol. The van der Waals surface area contributed by atoms with Crippen LogP contribution in [0.4, 0.5) is 0 Å². The highest BCUT2D eigenvalue weighted by atomic mass is 32.2. The summed E-state index contributed by atoms with van der Waals surface area (Å²) in [6.45, 7) is -0.0255. The van der Waals surface area contributed by atoms with Crippen LogP contribution >= 0.6 is 11.8 Å². The molecule has 0 saturated carbocycles. The fourth-order valence-corrected chi connectivity index (χ4v) is 2.89. The van der Waals surface area contributed by atoms with Crippen molar-refractivity contribution in [1.82, 2.24) is 0 Å². The third kappa shape index (κ3) is 5.03. The molecule has 5 heteroatoms. The van der Waals surface area contributed by atoms with E-state index in [9.17, 15) is 15.3 Å². The number of rotatable bonds is 7. The fraction of sp³-hybridized carbons (Fsp3) is 0.294. The lowest BCUT2D eigenvalue weighted by Gasteiger charge is -2.16. The van der Waals surface area contributed by atoms with E-state index in [-0.39, 0.29) is 18.8 Å². The van der Waals surface area contributed by atoms with Gasteiger partial charge in [-0.15, -0.1) is 11.8 Å². The molecule has 2 aromatic rings. The molecule has 22 heavy (non-hydrogen) atoms. The van der Waals surface area contributed by atoms with Crippen LogP contribution < -0.4 is 0 Å². The van der Waals surface area contributed by atoms with Crippen LogP contribution in [-0.4, -0.2) is 32.3 Å². The second-order valence-electron chi connectivity index (χ2n) is 5.11. The van der Waals surface area contributed by atoms with Crippen molar-refractivity contribution in [2.45, 2.75) is 30.1 Å². The molecule has 2 aromatic carbocycles. The molecule has 0 fully saturated rings. The average molecular weight is 320 g/mol. The van der Waals surface area contributed by atoms with Gasteiger partial charge in [-0.1, -0.05) is 24.3 Å². The zero-order chi connectivity index (χ0) is 15.9. The highest BCUT2D eigenvalue weighted by molar-refractivity contribution is 7.99. The standard InChI is InChI=1S/C17H20O4S/c18-10-12-1-3-13(4-2-12)17(21)9-15(20)11-22-16-7-5-14(19)6-8-16/h1-8,15,17-21H,9-11H2. The first-order chi connectivity index (χ1) is 10.6. The smallest absolute Gasteiger partial charge is 0.115 e. The second kappa shape index (κ2) is 8.19. The Kier molecular flexibility index (Phi) is 6.27. The third-order valence-electron chi connectivity index (χ3n) is 3.32. The summed E-state index contributed by atoms with van der Waals surface area (Å²) in [5.41, 5.74) is 1.52. The lowest BCUT2D eigenvalue weighted by Crippen LogP contribution is -2.15. The molecule has 2 rings (SSSR count). The van der Waals surface area contributed by atoms with E-state index in [2.05, 4.69) is 0 Å². The molecule has 0 bridgehead atoms. The van der Waals surface area contributed by atoms with Crippen molar-refractivity contribution >= 4 is 11.8 Å². The second-order valence-corrected chi connectivity index (χ2v) is 6.20. The Morgan fingerprint density at radius 3 is 2.14 bits per heavy atom. The van der Waals surface area contributed by atoms with Gasteiger partial charge in [-0.05, 0) is 35.4 Å². The van der Waals surface area contributed by atoms with Gasteiger partial charge in [0.15, 0.2) is 0 Å². The molecule has 2 unspecified atom stereocenters. The molecule has 4 nitrogen and oxygen atoms in total. The summed E-state index contributed by atoms with van der Waals surface area (Å²) in [6, 6.07) is 13.8. The number of hydrogen-bond acceptors (Lipinski definition) is 5. The van der Waals surface area contributed by atoms with Crippen LogP contribution in [0.25, 0.3) is 0 Å². The first-order valence-corrected chi connectivity index (χ1v) is 8.04. The van der Waals surface area contributed by atoms with Gasteiger partial charge in [-0.2, -0.15) is 0 Å². The van der Waals surface area contributed by atoms with E-state index < -0.39 is 12.2 Å². The average Bonchev–Trinajstić information content (AvgIpc) is 2.54. The molecule has 0 aliphatic carbocycles. The summed E-state index contributed by atoms with van der Waals surface area (Å²) in [5.74, 6) is 0.683. The highest BCUT2D eigenvalue weighted by Gasteiger charge is 2.14. The summed E-state index contributed by atoms with van der Waals surface area (Å²) in [4.78, 5) is 0.957.